The Labute approximate surface area is 111 Å². The molecular formula is C13H20F3N3. The highest BCUT2D eigenvalue weighted by atomic mass is 19.4. The molecule has 108 valence electrons. The zero-order valence-electron chi connectivity index (χ0n) is 11.5. The van der Waals surface area contributed by atoms with Gasteiger partial charge in [0.1, 0.15) is 12.4 Å². The van der Waals surface area contributed by atoms with Crippen LogP contribution in [0.3, 0.4) is 0 Å². The minimum Gasteiger partial charge on any atom is -0.348 e. The van der Waals surface area contributed by atoms with E-state index in [1.807, 2.05) is 19.9 Å². The summed E-state index contributed by atoms with van der Waals surface area (Å²) in [4.78, 5) is 5.52. The Bertz CT molecular complexity index is 416. The van der Waals surface area contributed by atoms with Crippen molar-refractivity contribution < 1.29 is 13.2 Å². The van der Waals surface area contributed by atoms with Crippen LogP contribution in [0.2, 0.25) is 0 Å². The van der Waals surface area contributed by atoms with E-state index >= 15 is 0 Å². The third kappa shape index (κ3) is 4.70. The topological polar surface area (TPSA) is 42.1 Å². The van der Waals surface area contributed by atoms with Gasteiger partial charge in [0, 0.05) is 18.8 Å². The number of aromatic nitrogens is 1. The van der Waals surface area contributed by atoms with Gasteiger partial charge in [-0.2, -0.15) is 13.2 Å². The second-order valence-corrected chi connectivity index (χ2v) is 4.75. The summed E-state index contributed by atoms with van der Waals surface area (Å²) in [7, 11) is 0. The van der Waals surface area contributed by atoms with Crippen LogP contribution >= 0.6 is 0 Å². The molecule has 2 N–H and O–H groups in total. The monoisotopic (exact) mass is 275 g/mol. The maximum Gasteiger partial charge on any atom is 0.405 e. The average Bonchev–Trinajstić information content (AvgIpc) is 2.34. The van der Waals surface area contributed by atoms with Crippen LogP contribution in [0, 0.1) is 0 Å². The third-order valence-electron chi connectivity index (χ3n) is 2.79. The predicted octanol–water partition coefficient (Wildman–Crippen LogP) is 3.05. The quantitative estimate of drug-likeness (QED) is 0.898. The fourth-order valence-corrected chi connectivity index (χ4v) is 1.74. The lowest BCUT2D eigenvalue weighted by Crippen LogP contribution is -2.35. The zero-order valence-corrected chi connectivity index (χ0v) is 11.5. The second kappa shape index (κ2) is 6.23. The number of nitrogens with two attached hydrogens (primary N) is 1. The Morgan fingerprint density at radius 3 is 2.37 bits per heavy atom. The van der Waals surface area contributed by atoms with E-state index in [0.717, 1.165) is 11.3 Å². The van der Waals surface area contributed by atoms with Crippen LogP contribution in [0.15, 0.2) is 12.1 Å². The maximum atomic E-state index is 12.5. The van der Waals surface area contributed by atoms with Crippen LogP contribution in [0.4, 0.5) is 19.0 Å². The molecule has 0 fully saturated rings. The molecule has 0 unspecified atom stereocenters. The van der Waals surface area contributed by atoms with Gasteiger partial charge in [-0.05, 0) is 30.5 Å². The fraction of sp³-hybridized carbons (Fsp3) is 0.615. The van der Waals surface area contributed by atoms with E-state index in [9.17, 15) is 13.2 Å². The zero-order chi connectivity index (χ0) is 14.6. The summed E-state index contributed by atoms with van der Waals surface area (Å²) in [5.41, 5.74) is 7.15. The third-order valence-corrected chi connectivity index (χ3v) is 2.79. The molecule has 0 saturated carbocycles. The summed E-state index contributed by atoms with van der Waals surface area (Å²) in [6, 6.07) is 3.47. The molecule has 0 saturated heterocycles. The largest absolute Gasteiger partial charge is 0.405 e. The van der Waals surface area contributed by atoms with E-state index in [-0.39, 0.29) is 12.5 Å². The SMILES string of the molecule is CCN(CC(F)(F)F)c1cc(CN)cc(C(C)C)n1. The summed E-state index contributed by atoms with van der Waals surface area (Å²) in [5.74, 6) is 0.487. The molecule has 0 aliphatic heterocycles. The molecular weight excluding hydrogens is 255 g/mol. The number of anilines is 1. The van der Waals surface area contributed by atoms with Crippen molar-refractivity contribution >= 4 is 5.82 Å². The van der Waals surface area contributed by atoms with Gasteiger partial charge in [0.25, 0.3) is 0 Å². The highest BCUT2D eigenvalue weighted by Crippen LogP contribution is 2.24. The van der Waals surface area contributed by atoms with Gasteiger partial charge in [-0.3, -0.25) is 0 Å². The Morgan fingerprint density at radius 1 is 1.32 bits per heavy atom. The summed E-state index contributed by atoms with van der Waals surface area (Å²) in [5, 5.41) is 0. The Balaban J connectivity index is 3.12. The van der Waals surface area contributed by atoms with Gasteiger partial charge in [-0.25, -0.2) is 4.98 Å². The summed E-state index contributed by atoms with van der Waals surface area (Å²) in [6.07, 6.45) is -4.24. The predicted molar refractivity (Wildman–Crippen MR) is 70.2 cm³/mol. The van der Waals surface area contributed by atoms with Gasteiger partial charge in [0.2, 0.25) is 0 Å². The number of nitrogens with zero attached hydrogens (tertiary/aromatic N) is 2. The number of rotatable bonds is 5. The average molecular weight is 275 g/mol. The molecule has 1 aromatic heterocycles. The van der Waals surface area contributed by atoms with E-state index in [2.05, 4.69) is 4.98 Å². The van der Waals surface area contributed by atoms with Crippen molar-refractivity contribution in [1.82, 2.24) is 4.98 Å². The summed E-state index contributed by atoms with van der Waals surface area (Å²) < 4.78 is 37.6. The molecule has 0 amide bonds. The van der Waals surface area contributed by atoms with Crippen LogP contribution in [0.5, 0.6) is 0 Å². The van der Waals surface area contributed by atoms with Crippen LogP contribution < -0.4 is 10.6 Å². The maximum absolute atomic E-state index is 12.5. The Hall–Kier alpha value is -1.30. The lowest BCUT2D eigenvalue weighted by atomic mass is 10.1. The van der Waals surface area contributed by atoms with Crippen LogP contribution in [-0.4, -0.2) is 24.2 Å². The molecule has 0 aromatic carbocycles. The number of alkyl halides is 3. The highest BCUT2D eigenvalue weighted by Gasteiger charge is 2.31. The van der Waals surface area contributed by atoms with Gasteiger partial charge in [0.15, 0.2) is 0 Å². The van der Waals surface area contributed by atoms with Crippen molar-refractivity contribution in [2.75, 3.05) is 18.0 Å². The number of hydrogen-bond donors (Lipinski definition) is 1. The molecule has 1 heterocycles. The van der Waals surface area contributed by atoms with Crippen molar-refractivity contribution in [3.05, 3.63) is 23.4 Å². The van der Waals surface area contributed by atoms with Crippen molar-refractivity contribution in [2.45, 2.75) is 39.4 Å². The molecule has 0 radical (unpaired) electrons. The summed E-state index contributed by atoms with van der Waals surface area (Å²) in [6.45, 7) is 5.12. The number of pyridine rings is 1. The minimum absolute atomic E-state index is 0.148. The van der Waals surface area contributed by atoms with E-state index in [0.29, 0.717) is 12.4 Å². The highest BCUT2D eigenvalue weighted by molar-refractivity contribution is 5.43. The minimum atomic E-state index is -4.24. The van der Waals surface area contributed by atoms with E-state index in [1.165, 1.54) is 4.90 Å². The first-order valence-electron chi connectivity index (χ1n) is 6.29. The van der Waals surface area contributed by atoms with Crippen LogP contribution in [-0.2, 0) is 6.54 Å². The van der Waals surface area contributed by atoms with Crippen molar-refractivity contribution in [3.63, 3.8) is 0 Å². The molecule has 1 rings (SSSR count). The van der Waals surface area contributed by atoms with Gasteiger partial charge in [-0.15, -0.1) is 0 Å². The molecule has 0 aliphatic carbocycles. The standard InChI is InChI=1S/C13H20F3N3/c1-4-19(8-13(14,15)16)12-6-10(7-17)5-11(18-12)9(2)3/h5-6,9H,4,7-8,17H2,1-3H3. The van der Waals surface area contributed by atoms with Gasteiger partial charge in [-0.1, -0.05) is 13.8 Å². The van der Waals surface area contributed by atoms with Gasteiger partial charge >= 0.3 is 6.18 Å². The Kier molecular flexibility index (Phi) is 5.17. The normalized spacial score (nSPS) is 12.0. The first-order chi connectivity index (χ1) is 8.76. The molecule has 0 bridgehead atoms. The number of hydrogen-bond acceptors (Lipinski definition) is 3. The molecule has 6 heteroatoms. The second-order valence-electron chi connectivity index (χ2n) is 4.75. The summed E-state index contributed by atoms with van der Waals surface area (Å²) >= 11 is 0. The van der Waals surface area contributed by atoms with Gasteiger partial charge < -0.3 is 10.6 Å². The van der Waals surface area contributed by atoms with Crippen molar-refractivity contribution in [2.24, 2.45) is 5.73 Å². The molecule has 19 heavy (non-hydrogen) atoms. The van der Waals surface area contributed by atoms with Crippen molar-refractivity contribution in [1.29, 1.82) is 0 Å². The van der Waals surface area contributed by atoms with E-state index < -0.39 is 12.7 Å². The Morgan fingerprint density at radius 2 is 1.95 bits per heavy atom. The smallest absolute Gasteiger partial charge is 0.348 e. The van der Waals surface area contributed by atoms with Crippen LogP contribution in [0.25, 0.3) is 0 Å². The molecule has 3 nitrogen and oxygen atoms in total. The molecule has 1 aromatic rings. The molecule has 0 atom stereocenters. The molecule has 0 spiro atoms. The van der Waals surface area contributed by atoms with Crippen LogP contribution in [0.1, 0.15) is 37.9 Å². The number of halogens is 3. The first kappa shape index (κ1) is 15.8. The van der Waals surface area contributed by atoms with E-state index in [4.69, 9.17) is 5.73 Å². The van der Waals surface area contributed by atoms with Crippen molar-refractivity contribution in [3.8, 4) is 0 Å². The fourth-order valence-electron chi connectivity index (χ4n) is 1.74. The lowest BCUT2D eigenvalue weighted by Gasteiger charge is -2.24. The lowest BCUT2D eigenvalue weighted by molar-refractivity contribution is -0.119. The molecule has 0 aliphatic rings. The first-order valence-corrected chi connectivity index (χ1v) is 6.29. The van der Waals surface area contributed by atoms with E-state index in [1.54, 1.807) is 13.0 Å². The van der Waals surface area contributed by atoms with Gasteiger partial charge in [0.05, 0.1) is 0 Å².